The lowest BCUT2D eigenvalue weighted by Crippen LogP contribution is -2.06. The minimum atomic E-state index is -0.467. The third-order valence-electron chi connectivity index (χ3n) is 3.84. The molecular weight excluding hydrogens is 314 g/mol. The molecule has 0 radical (unpaired) electrons. The monoisotopic (exact) mass is 335 g/mol. The molecule has 0 fully saturated rings. The molecule has 0 spiro atoms. The van der Waals surface area contributed by atoms with Gasteiger partial charge >= 0.3 is 5.69 Å². The lowest BCUT2D eigenvalue weighted by Gasteiger charge is -2.11. The molecule has 0 aliphatic rings. The highest BCUT2D eigenvalue weighted by Crippen LogP contribution is 2.37. The van der Waals surface area contributed by atoms with E-state index in [9.17, 15) is 10.1 Å². The average Bonchev–Trinajstić information content (AvgIpc) is 2.53. The van der Waals surface area contributed by atoms with E-state index in [1.807, 2.05) is 18.2 Å². The Morgan fingerprint density at radius 1 is 1.17 bits per heavy atom. The number of benzene rings is 1. The Morgan fingerprint density at radius 2 is 1.87 bits per heavy atom. The standard InChI is InChI=1S/C17H22ClN3O2/c1-2-3-4-5-6-9-12-19-15-13-10-7-8-11-14(13)20-17(18)16(15)21(22)23/h7-8,10-11H,2-6,9,12H2,1H3,(H,19,20). The van der Waals surface area contributed by atoms with Crippen LogP contribution in [-0.4, -0.2) is 16.5 Å². The number of nitro groups is 1. The lowest BCUT2D eigenvalue weighted by atomic mass is 10.1. The fraction of sp³-hybridized carbons (Fsp3) is 0.471. The summed E-state index contributed by atoms with van der Waals surface area (Å²) in [4.78, 5) is 15.0. The van der Waals surface area contributed by atoms with Crippen LogP contribution >= 0.6 is 11.6 Å². The number of pyridine rings is 1. The van der Waals surface area contributed by atoms with Crippen molar-refractivity contribution in [1.82, 2.24) is 4.98 Å². The average molecular weight is 336 g/mol. The first-order valence-electron chi connectivity index (χ1n) is 8.11. The molecule has 0 bridgehead atoms. The van der Waals surface area contributed by atoms with E-state index in [-0.39, 0.29) is 10.8 Å². The summed E-state index contributed by atoms with van der Waals surface area (Å²) in [7, 11) is 0. The fourth-order valence-corrected chi connectivity index (χ4v) is 2.89. The van der Waals surface area contributed by atoms with E-state index in [0.29, 0.717) is 17.7 Å². The maximum Gasteiger partial charge on any atom is 0.329 e. The van der Waals surface area contributed by atoms with Crippen LogP contribution in [0.25, 0.3) is 10.9 Å². The minimum Gasteiger partial charge on any atom is -0.379 e. The van der Waals surface area contributed by atoms with Gasteiger partial charge in [-0.3, -0.25) is 10.1 Å². The van der Waals surface area contributed by atoms with Gasteiger partial charge in [-0.15, -0.1) is 0 Å². The van der Waals surface area contributed by atoms with E-state index >= 15 is 0 Å². The Morgan fingerprint density at radius 3 is 2.61 bits per heavy atom. The smallest absolute Gasteiger partial charge is 0.329 e. The lowest BCUT2D eigenvalue weighted by molar-refractivity contribution is -0.384. The van der Waals surface area contributed by atoms with Crippen LogP contribution in [0.4, 0.5) is 11.4 Å². The van der Waals surface area contributed by atoms with Crippen LogP contribution in [0.15, 0.2) is 24.3 Å². The van der Waals surface area contributed by atoms with Crippen molar-refractivity contribution in [3.05, 3.63) is 39.5 Å². The van der Waals surface area contributed by atoms with Gasteiger partial charge in [-0.1, -0.05) is 68.8 Å². The zero-order chi connectivity index (χ0) is 16.7. The SMILES string of the molecule is CCCCCCCCNc1c([N+](=O)[O-])c(Cl)nc2ccccc12. The Bertz CT molecular complexity index is 676. The second-order valence-electron chi connectivity index (χ2n) is 5.60. The molecule has 1 N–H and O–H groups in total. The van der Waals surface area contributed by atoms with Gasteiger partial charge in [0.25, 0.3) is 0 Å². The highest BCUT2D eigenvalue weighted by Gasteiger charge is 2.23. The van der Waals surface area contributed by atoms with Crippen LogP contribution in [0.1, 0.15) is 45.4 Å². The second kappa shape index (κ2) is 8.67. The third-order valence-corrected chi connectivity index (χ3v) is 4.10. The highest BCUT2D eigenvalue weighted by atomic mass is 35.5. The molecule has 0 aliphatic heterocycles. The van der Waals surface area contributed by atoms with Gasteiger partial charge in [0, 0.05) is 11.9 Å². The van der Waals surface area contributed by atoms with Crippen LogP contribution in [0, 0.1) is 10.1 Å². The van der Waals surface area contributed by atoms with E-state index in [2.05, 4.69) is 17.2 Å². The van der Waals surface area contributed by atoms with Gasteiger partial charge in [-0.2, -0.15) is 0 Å². The van der Waals surface area contributed by atoms with E-state index in [4.69, 9.17) is 11.6 Å². The molecule has 1 aromatic heterocycles. The fourth-order valence-electron chi connectivity index (χ4n) is 2.64. The summed E-state index contributed by atoms with van der Waals surface area (Å²) in [5.74, 6) is 0. The van der Waals surface area contributed by atoms with Crippen molar-refractivity contribution < 1.29 is 4.92 Å². The molecule has 0 saturated heterocycles. The Hall–Kier alpha value is -1.88. The quantitative estimate of drug-likeness (QED) is 0.281. The number of nitrogens with zero attached hydrogens (tertiary/aromatic N) is 2. The van der Waals surface area contributed by atoms with Crippen LogP contribution in [0.2, 0.25) is 5.15 Å². The van der Waals surface area contributed by atoms with Crippen molar-refractivity contribution in [2.75, 3.05) is 11.9 Å². The van der Waals surface area contributed by atoms with E-state index in [1.54, 1.807) is 6.07 Å². The number of hydrogen-bond donors (Lipinski definition) is 1. The van der Waals surface area contributed by atoms with Crippen LogP contribution in [0.5, 0.6) is 0 Å². The van der Waals surface area contributed by atoms with Gasteiger partial charge in [0.05, 0.1) is 10.4 Å². The van der Waals surface area contributed by atoms with Crippen molar-refractivity contribution in [2.24, 2.45) is 0 Å². The predicted octanol–water partition coefficient (Wildman–Crippen LogP) is 5.57. The van der Waals surface area contributed by atoms with Gasteiger partial charge in [0.15, 0.2) is 0 Å². The summed E-state index contributed by atoms with van der Waals surface area (Å²) >= 11 is 6.01. The maximum absolute atomic E-state index is 11.3. The second-order valence-corrected chi connectivity index (χ2v) is 5.95. The number of hydrogen-bond acceptors (Lipinski definition) is 4. The molecule has 0 atom stereocenters. The van der Waals surface area contributed by atoms with Crippen molar-refractivity contribution in [1.29, 1.82) is 0 Å². The Kier molecular flexibility index (Phi) is 6.59. The molecule has 0 aliphatic carbocycles. The van der Waals surface area contributed by atoms with E-state index < -0.39 is 4.92 Å². The zero-order valence-corrected chi connectivity index (χ0v) is 14.1. The summed E-state index contributed by atoms with van der Waals surface area (Å²) in [6, 6.07) is 7.32. The van der Waals surface area contributed by atoms with Crippen LogP contribution < -0.4 is 5.32 Å². The molecule has 0 amide bonds. The third kappa shape index (κ3) is 4.55. The van der Waals surface area contributed by atoms with E-state index in [0.717, 1.165) is 18.2 Å². The summed E-state index contributed by atoms with van der Waals surface area (Å²) in [5, 5.41) is 15.2. The van der Waals surface area contributed by atoms with Gasteiger partial charge in [0.2, 0.25) is 5.15 Å². The molecule has 1 heterocycles. The first-order chi connectivity index (χ1) is 11.1. The van der Waals surface area contributed by atoms with Gasteiger partial charge in [-0.05, 0) is 12.5 Å². The predicted molar refractivity (Wildman–Crippen MR) is 95.3 cm³/mol. The topological polar surface area (TPSA) is 68.1 Å². The summed E-state index contributed by atoms with van der Waals surface area (Å²) in [6.07, 6.45) is 7.05. The minimum absolute atomic E-state index is 0.0702. The number of aromatic nitrogens is 1. The van der Waals surface area contributed by atoms with Gasteiger partial charge < -0.3 is 5.32 Å². The molecule has 23 heavy (non-hydrogen) atoms. The molecule has 1 aromatic carbocycles. The summed E-state index contributed by atoms with van der Waals surface area (Å²) < 4.78 is 0. The molecule has 124 valence electrons. The van der Waals surface area contributed by atoms with Crippen molar-refractivity contribution in [3.8, 4) is 0 Å². The first kappa shape index (κ1) is 17.5. The zero-order valence-electron chi connectivity index (χ0n) is 13.3. The highest BCUT2D eigenvalue weighted by molar-refractivity contribution is 6.33. The number of halogens is 1. The number of rotatable bonds is 9. The van der Waals surface area contributed by atoms with Gasteiger partial charge in [-0.25, -0.2) is 4.98 Å². The number of unbranched alkanes of at least 4 members (excludes halogenated alkanes) is 5. The van der Waals surface area contributed by atoms with Crippen LogP contribution in [0.3, 0.4) is 0 Å². The molecule has 2 rings (SSSR count). The summed E-state index contributed by atoms with van der Waals surface area (Å²) in [6.45, 7) is 2.89. The number of fused-ring (bicyclic) bond motifs is 1. The molecule has 2 aromatic rings. The van der Waals surface area contributed by atoms with Gasteiger partial charge in [0.1, 0.15) is 5.69 Å². The van der Waals surface area contributed by atoms with Crippen molar-refractivity contribution in [2.45, 2.75) is 45.4 Å². The summed E-state index contributed by atoms with van der Waals surface area (Å²) in [5.41, 5.74) is 0.990. The normalized spacial score (nSPS) is 10.9. The molecule has 6 heteroatoms. The molecular formula is C17H22ClN3O2. The Labute approximate surface area is 141 Å². The number of nitrogens with one attached hydrogen (secondary N) is 1. The van der Waals surface area contributed by atoms with Crippen molar-refractivity contribution >= 4 is 33.9 Å². The van der Waals surface area contributed by atoms with E-state index in [1.165, 1.54) is 25.7 Å². The van der Waals surface area contributed by atoms with Crippen LogP contribution in [-0.2, 0) is 0 Å². The number of anilines is 1. The molecule has 0 unspecified atom stereocenters. The maximum atomic E-state index is 11.3. The first-order valence-corrected chi connectivity index (χ1v) is 8.49. The molecule has 0 saturated carbocycles. The largest absolute Gasteiger partial charge is 0.379 e. The number of para-hydroxylation sites is 1. The Balaban J connectivity index is 2.11. The van der Waals surface area contributed by atoms with Crippen molar-refractivity contribution in [3.63, 3.8) is 0 Å². The molecule has 5 nitrogen and oxygen atoms in total.